The first-order chi connectivity index (χ1) is 9.68. The van der Waals surface area contributed by atoms with Crippen molar-refractivity contribution < 1.29 is 8.42 Å². The van der Waals surface area contributed by atoms with Crippen molar-refractivity contribution in [1.29, 1.82) is 0 Å². The number of rotatable bonds is 8. The fourth-order valence-electron chi connectivity index (χ4n) is 2.07. The van der Waals surface area contributed by atoms with Crippen LogP contribution in [0.25, 0.3) is 0 Å². The number of hydrogen-bond donors (Lipinski definition) is 2. The molecule has 0 aliphatic rings. The Morgan fingerprint density at radius 3 is 2.52 bits per heavy atom. The number of nitrogens with two attached hydrogens (primary N) is 1. The van der Waals surface area contributed by atoms with E-state index in [9.17, 15) is 8.42 Å². The Morgan fingerprint density at radius 2 is 1.95 bits per heavy atom. The number of halogens is 1. The van der Waals surface area contributed by atoms with Crippen LogP contribution in [0.2, 0.25) is 0 Å². The zero-order valence-electron chi connectivity index (χ0n) is 12.9. The molecule has 0 fully saturated rings. The van der Waals surface area contributed by atoms with Crippen LogP contribution in [-0.4, -0.2) is 15.0 Å². The van der Waals surface area contributed by atoms with E-state index in [1.54, 1.807) is 12.1 Å². The second-order valence-corrected chi connectivity index (χ2v) is 8.78. The summed E-state index contributed by atoms with van der Waals surface area (Å²) in [5.74, 6) is 0. The number of nitrogens with one attached hydrogen (secondary N) is 1. The van der Waals surface area contributed by atoms with Gasteiger partial charge in [0.05, 0.1) is 5.69 Å². The van der Waals surface area contributed by atoms with E-state index in [4.69, 9.17) is 5.73 Å². The van der Waals surface area contributed by atoms with E-state index >= 15 is 0 Å². The Balaban J connectivity index is 2.72. The Kier molecular flexibility index (Phi) is 6.69. The molecule has 1 rings (SSSR count). The highest BCUT2D eigenvalue weighted by Gasteiger charge is 2.23. The smallest absolute Gasteiger partial charge is 0.242 e. The van der Waals surface area contributed by atoms with Gasteiger partial charge in [0.2, 0.25) is 10.0 Å². The second kappa shape index (κ2) is 7.61. The highest BCUT2D eigenvalue weighted by Crippen LogP contribution is 2.26. The molecule has 3 N–H and O–H groups in total. The summed E-state index contributed by atoms with van der Waals surface area (Å²) in [6.45, 7) is 6.73. The molecule has 21 heavy (non-hydrogen) atoms. The highest BCUT2D eigenvalue weighted by atomic mass is 79.9. The van der Waals surface area contributed by atoms with E-state index in [-0.39, 0.29) is 16.0 Å². The normalized spacial score (nSPS) is 12.6. The van der Waals surface area contributed by atoms with Gasteiger partial charge in [0.25, 0.3) is 0 Å². The molecule has 0 atom stereocenters. The third kappa shape index (κ3) is 5.96. The number of sulfonamides is 1. The molecule has 6 heteroatoms. The van der Waals surface area contributed by atoms with E-state index in [2.05, 4.69) is 41.4 Å². The number of anilines is 1. The van der Waals surface area contributed by atoms with Gasteiger partial charge in [-0.3, -0.25) is 0 Å². The molecule has 0 radical (unpaired) electrons. The van der Waals surface area contributed by atoms with E-state index in [0.717, 1.165) is 23.7 Å². The van der Waals surface area contributed by atoms with E-state index in [0.29, 0.717) is 6.54 Å². The largest absolute Gasteiger partial charge is 0.398 e. The van der Waals surface area contributed by atoms with Crippen molar-refractivity contribution >= 4 is 31.6 Å². The van der Waals surface area contributed by atoms with Crippen molar-refractivity contribution in [2.24, 2.45) is 5.41 Å². The SMILES string of the molecule is CCCCCC(C)(C)CNS(=O)(=O)c1ccc(Br)cc1N. The van der Waals surface area contributed by atoms with Crippen LogP contribution in [0.4, 0.5) is 5.69 Å². The Labute approximate surface area is 136 Å². The van der Waals surface area contributed by atoms with Gasteiger partial charge in [0.15, 0.2) is 0 Å². The Hall–Kier alpha value is -0.590. The van der Waals surface area contributed by atoms with Crippen LogP contribution < -0.4 is 10.5 Å². The van der Waals surface area contributed by atoms with E-state index < -0.39 is 10.0 Å². The van der Waals surface area contributed by atoms with Crippen LogP contribution in [0.3, 0.4) is 0 Å². The highest BCUT2D eigenvalue weighted by molar-refractivity contribution is 9.10. The molecular formula is C15H25BrN2O2S. The average molecular weight is 377 g/mol. The third-order valence-corrected chi connectivity index (χ3v) is 5.43. The molecular weight excluding hydrogens is 352 g/mol. The van der Waals surface area contributed by atoms with Gasteiger partial charge in [0, 0.05) is 11.0 Å². The summed E-state index contributed by atoms with van der Waals surface area (Å²) in [5.41, 5.74) is 5.98. The first kappa shape index (κ1) is 18.5. The minimum atomic E-state index is -3.57. The fourth-order valence-corrected chi connectivity index (χ4v) is 3.81. The van der Waals surface area contributed by atoms with Crippen molar-refractivity contribution in [3.8, 4) is 0 Å². The van der Waals surface area contributed by atoms with Crippen LogP contribution in [-0.2, 0) is 10.0 Å². The van der Waals surface area contributed by atoms with Gasteiger partial charge in [-0.15, -0.1) is 0 Å². The van der Waals surface area contributed by atoms with E-state index in [1.807, 2.05) is 0 Å². The van der Waals surface area contributed by atoms with Crippen LogP contribution in [0.1, 0.15) is 46.5 Å². The van der Waals surface area contributed by atoms with Gasteiger partial charge >= 0.3 is 0 Å². The average Bonchev–Trinajstić information content (AvgIpc) is 2.36. The maximum Gasteiger partial charge on any atom is 0.242 e. The molecule has 0 saturated heterocycles. The van der Waals surface area contributed by atoms with Gasteiger partial charge in [-0.2, -0.15) is 0 Å². The summed E-state index contributed by atoms with van der Waals surface area (Å²) in [6, 6.07) is 4.80. The summed E-state index contributed by atoms with van der Waals surface area (Å²) in [5, 5.41) is 0. The fraction of sp³-hybridized carbons (Fsp3) is 0.600. The van der Waals surface area contributed by atoms with E-state index in [1.165, 1.54) is 12.5 Å². The molecule has 0 heterocycles. The summed E-state index contributed by atoms with van der Waals surface area (Å²) in [4.78, 5) is 0.134. The maximum atomic E-state index is 12.3. The lowest BCUT2D eigenvalue weighted by Gasteiger charge is -2.25. The summed E-state index contributed by atoms with van der Waals surface area (Å²) in [7, 11) is -3.57. The number of nitrogen functional groups attached to an aromatic ring is 1. The summed E-state index contributed by atoms with van der Waals surface area (Å²) < 4.78 is 28.1. The van der Waals surface area contributed by atoms with Crippen LogP contribution in [0, 0.1) is 5.41 Å². The topological polar surface area (TPSA) is 72.2 Å². The molecule has 0 bridgehead atoms. The predicted molar refractivity (Wildman–Crippen MR) is 91.7 cm³/mol. The first-order valence-corrected chi connectivity index (χ1v) is 9.50. The third-order valence-electron chi connectivity index (χ3n) is 3.46. The monoisotopic (exact) mass is 376 g/mol. The van der Waals surface area contributed by atoms with Crippen LogP contribution >= 0.6 is 15.9 Å². The lowest BCUT2D eigenvalue weighted by molar-refractivity contribution is 0.320. The predicted octanol–water partition coefficient (Wildman–Crippen LogP) is 3.92. The zero-order chi connectivity index (χ0) is 16.1. The molecule has 1 aromatic rings. The zero-order valence-corrected chi connectivity index (χ0v) is 15.4. The molecule has 120 valence electrons. The number of unbranched alkanes of at least 4 members (excludes halogenated alkanes) is 2. The molecule has 0 aliphatic heterocycles. The van der Waals surface area contributed by atoms with Crippen molar-refractivity contribution in [1.82, 2.24) is 4.72 Å². The van der Waals surface area contributed by atoms with Gasteiger partial charge in [-0.25, -0.2) is 13.1 Å². The number of benzene rings is 1. The number of hydrogen-bond acceptors (Lipinski definition) is 3. The lowest BCUT2D eigenvalue weighted by Crippen LogP contribution is -2.34. The lowest BCUT2D eigenvalue weighted by atomic mass is 9.87. The molecule has 0 spiro atoms. The Bertz CT molecular complexity index is 571. The summed E-state index contributed by atoms with van der Waals surface area (Å²) in [6.07, 6.45) is 4.46. The molecule has 0 aromatic heterocycles. The van der Waals surface area contributed by atoms with Crippen molar-refractivity contribution in [2.75, 3.05) is 12.3 Å². The Morgan fingerprint density at radius 1 is 1.29 bits per heavy atom. The molecule has 0 unspecified atom stereocenters. The molecule has 0 amide bonds. The maximum absolute atomic E-state index is 12.3. The van der Waals surface area contributed by atoms with Crippen molar-refractivity contribution in [3.05, 3.63) is 22.7 Å². The quantitative estimate of drug-likeness (QED) is 0.533. The second-order valence-electron chi connectivity index (χ2n) is 6.13. The van der Waals surface area contributed by atoms with Crippen molar-refractivity contribution in [2.45, 2.75) is 51.3 Å². The molecule has 0 aliphatic carbocycles. The minimum absolute atomic E-state index is 0.0631. The minimum Gasteiger partial charge on any atom is -0.398 e. The van der Waals surface area contributed by atoms with Gasteiger partial charge in [-0.05, 0) is 30.0 Å². The van der Waals surface area contributed by atoms with Crippen molar-refractivity contribution in [3.63, 3.8) is 0 Å². The van der Waals surface area contributed by atoms with Gasteiger partial charge < -0.3 is 5.73 Å². The first-order valence-electron chi connectivity index (χ1n) is 7.23. The molecule has 0 saturated carbocycles. The molecule has 1 aromatic carbocycles. The standard InChI is InChI=1S/C15H25BrN2O2S/c1-4-5-6-9-15(2,3)11-18-21(19,20)14-8-7-12(16)10-13(14)17/h7-8,10,18H,4-6,9,11,17H2,1-3H3. The van der Waals surface area contributed by atoms with Gasteiger partial charge in [-0.1, -0.05) is 56.0 Å². The summed E-state index contributed by atoms with van der Waals surface area (Å²) >= 11 is 3.27. The molecule has 4 nitrogen and oxygen atoms in total. The van der Waals surface area contributed by atoms with Crippen LogP contribution in [0.5, 0.6) is 0 Å². The van der Waals surface area contributed by atoms with Gasteiger partial charge in [0.1, 0.15) is 4.90 Å². The van der Waals surface area contributed by atoms with Crippen LogP contribution in [0.15, 0.2) is 27.6 Å².